The van der Waals surface area contributed by atoms with Gasteiger partial charge >= 0.3 is 0 Å². The number of benzene rings is 2. The van der Waals surface area contributed by atoms with Crippen molar-refractivity contribution >= 4 is 34.7 Å². The van der Waals surface area contributed by atoms with Crippen molar-refractivity contribution in [3.8, 4) is 0 Å². The molecule has 5 nitrogen and oxygen atoms in total. The summed E-state index contributed by atoms with van der Waals surface area (Å²) in [7, 11) is 0. The second kappa shape index (κ2) is 7.84. The minimum atomic E-state index is 0.586. The average molecular weight is 380 g/mol. The van der Waals surface area contributed by atoms with Crippen LogP contribution >= 0.6 is 11.6 Å². The number of hydrogen-bond acceptors (Lipinski definition) is 5. The Bertz CT molecular complexity index is 907. The lowest BCUT2D eigenvalue weighted by atomic mass is 10.2. The van der Waals surface area contributed by atoms with Gasteiger partial charge in [0.2, 0.25) is 5.95 Å². The van der Waals surface area contributed by atoms with E-state index in [0.717, 1.165) is 43.2 Å². The third-order valence-electron chi connectivity index (χ3n) is 4.81. The molecule has 1 aromatic heterocycles. The molecule has 0 unspecified atom stereocenters. The normalized spacial score (nSPS) is 14.3. The number of piperazine rings is 1. The average Bonchev–Trinajstić information content (AvgIpc) is 2.72. The third-order valence-corrected chi connectivity index (χ3v) is 5.05. The van der Waals surface area contributed by atoms with Crippen molar-refractivity contribution in [1.29, 1.82) is 0 Å². The molecule has 1 saturated heterocycles. The third kappa shape index (κ3) is 4.14. The van der Waals surface area contributed by atoms with Crippen molar-refractivity contribution in [2.75, 3.05) is 41.3 Å². The predicted octanol–water partition coefficient (Wildman–Crippen LogP) is 4.51. The maximum atomic E-state index is 6.11. The SMILES string of the molecule is Cc1ccc(Cl)cc1Nc1nccc(N2CCN(c3ccccc3)CC2)n1. The monoisotopic (exact) mass is 379 g/mol. The van der Waals surface area contributed by atoms with Crippen LogP contribution in [0.4, 0.5) is 23.1 Å². The second-order valence-corrected chi connectivity index (χ2v) is 7.07. The van der Waals surface area contributed by atoms with Gasteiger partial charge in [0.25, 0.3) is 0 Å². The fourth-order valence-electron chi connectivity index (χ4n) is 3.27. The molecule has 0 aliphatic carbocycles. The molecule has 0 radical (unpaired) electrons. The number of aryl methyl sites for hydroxylation is 1. The second-order valence-electron chi connectivity index (χ2n) is 6.63. The Kier molecular flexibility index (Phi) is 5.12. The summed E-state index contributed by atoms with van der Waals surface area (Å²) in [4.78, 5) is 13.8. The Morgan fingerprint density at radius 2 is 1.67 bits per heavy atom. The van der Waals surface area contributed by atoms with Crippen molar-refractivity contribution in [2.24, 2.45) is 0 Å². The van der Waals surface area contributed by atoms with E-state index in [9.17, 15) is 0 Å². The number of halogens is 1. The van der Waals surface area contributed by atoms with Gasteiger partial charge in [0.05, 0.1) is 0 Å². The van der Waals surface area contributed by atoms with Gasteiger partial charge in [0, 0.05) is 48.8 Å². The van der Waals surface area contributed by atoms with Crippen molar-refractivity contribution in [3.05, 3.63) is 71.4 Å². The van der Waals surface area contributed by atoms with Gasteiger partial charge in [0.1, 0.15) is 5.82 Å². The molecule has 2 aromatic carbocycles. The molecule has 3 aromatic rings. The van der Waals surface area contributed by atoms with Gasteiger partial charge in [0.15, 0.2) is 0 Å². The van der Waals surface area contributed by atoms with Crippen LogP contribution in [0, 0.1) is 6.92 Å². The number of rotatable bonds is 4. The molecular formula is C21H22ClN5. The summed E-state index contributed by atoms with van der Waals surface area (Å²) in [6.07, 6.45) is 1.80. The first-order valence-electron chi connectivity index (χ1n) is 9.10. The number of anilines is 4. The summed E-state index contributed by atoms with van der Waals surface area (Å²) in [6.45, 7) is 5.85. The molecule has 0 amide bonds. The molecule has 6 heteroatoms. The molecule has 27 heavy (non-hydrogen) atoms. The van der Waals surface area contributed by atoms with E-state index in [1.165, 1.54) is 5.69 Å². The zero-order chi connectivity index (χ0) is 18.6. The Balaban J connectivity index is 1.45. The maximum absolute atomic E-state index is 6.11. The lowest BCUT2D eigenvalue weighted by Gasteiger charge is -2.36. The van der Waals surface area contributed by atoms with E-state index >= 15 is 0 Å². The van der Waals surface area contributed by atoms with Crippen LogP contribution in [-0.2, 0) is 0 Å². The van der Waals surface area contributed by atoms with Crippen LogP contribution in [0.3, 0.4) is 0 Å². The number of nitrogens with one attached hydrogen (secondary N) is 1. The zero-order valence-electron chi connectivity index (χ0n) is 15.3. The topological polar surface area (TPSA) is 44.3 Å². The van der Waals surface area contributed by atoms with Gasteiger partial charge in [-0.05, 0) is 42.8 Å². The highest BCUT2D eigenvalue weighted by atomic mass is 35.5. The Hall–Kier alpha value is -2.79. The minimum absolute atomic E-state index is 0.586. The van der Waals surface area contributed by atoms with E-state index in [0.29, 0.717) is 11.0 Å². The van der Waals surface area contributed by atoms with Gasteiger partial charge in [-0.3, -0.25) is 0 Å². The number of hydrogen-bond donors (Lipinski definition) is 1. The van der Waals surface area contributed by atoms with E-state index in [2.05, 4.69) is 50.4 Å². The van der Waals surface area contributed by atoms with E-state index < -0.39 is 0 Å². The zero-order valence-corrected chi connectivity index (χ0v) is 16.0. The van der Waals surface area contributed by atoms with Crippen LogP contribution in [0.2, 0.25) is 5.02 Å². The molecule has 0 saturated carbocycles. The van der Waals surface area contributed by atoms with Crippen LogP contribution in [0.5, 0.6) is 0 Å². The summed E-state index contributed by atoms with van der Waals surface area (Å²) < 4.78 is 0. The predicted molar refractivity (Wildman–Crippen MR) is 112 cm³/mol. The van der Waals surface area contributed by atoms with Crippen LogP contribution in [0.1, 0.15) is 5.56 Å². The maximum Gasteiger partial charge on any atom is 0.229 e. The molecule has 0 bridgehead atoms. The van der Waals surface area contributed by atoms with Crippen LogP contribution in [-0.4, -0.2) is 36.1 Å². The van der Waals surface area contributed by atoms with Crippen LogP contribution in [0.25, 0.3) is 0 Å². The highest BCUT2D eigenvalue weighted by Crippen LogP contribution is 2.24. The smallest absolute Gasteiger partial charge is 0.229 e. The molecular weight excluding hydrogens is 358 g/mol. The van der Waals surface area contributed by atoms with Crippen molar-refractivity contribution in [1.82, 2.24) is 9.97 Å². The van der Waals surface area contributed by atoms with E-state index in [-0.39, 0.29) is 0 Å². The first-order valence-corrected chi connectivity index (χ1v) is 9.48. The van der Waals surface area contributed by atoms with Crippen molar-refractivity contribution in [3.63, 3.8) is 0 Å². The van der Waals surface area contributed by atoms with Gasteiger partial charge < -0.3 is 15.1 Å². The fraction of sp³-hybridized carbons (Fsp3) is 0.238. The summed E-state index contributed by atoms with van der Waals surface area (Å²) in [5, 5.41) is 3.97. The lowest BCUT2D eigenvalue weighted by molar-refractivity contribution is 0.647. The van der Waals surface area contributed by atoms with Gasteiger partial charge in [-0.2, -0.15) is 4.98 Å². The number of aromatic nitrogens is 2. The minimum Gasteiger partial charge on any atom is -0.368 e. The quantitative estimate of drug-likeness (QED) is 0.722. The van der Waals surface area contributed by atoms with Gasteiger partial charge in [-0.25, -0.2) is 4.98 Å². The largest absolute Gasteiger partial charge is 0.368 e. The Morgan fingerprint density at radius 1 is 0.926 bits per heavy atom. The molecule has 1 N–H and O–H groups in total. The molecule has 1 aliphatic rings. The van der Waals surface area contributed by atoms with Crippen molar-refractivity contribution in [2.45, 2.75) is 6.92 Å². The summed E-state index contributed by atoms with van der Waals surface area (Å²) in [5.41, 5.74) is 3.30. The summed E-state index contributed by atoms with van der Waals surface area (Å²) in [6, 6.07) is 18.3. The van der Waals surface area contributed by atoms with Crippen LogP contribution in [0.15, 0.2) is 60.8 Å². The van der Waals surface area contributed by atoms with E-state index in [1.54, 1.807) is 6.20 Å². The highest BCUT2D eigenvalue weighted by molar-refractivity contribution is 6.30. The summed E-state index contributed by atoms with van der Waals surface area (Å²) >= 11 is 6.11. The Morgan fingerprint density at radius 3 is 2.44 bits per heavy atom. The fourth-order valence-corrected chi connectivity index (χ4v) is 3.44. The highest BCUT2D eigenvalue weighted by Gasteiger charge is 2.18. The van der Waals surface area contributed by atoms with Crippen molar-refractivity contribution < 1.29 is 0 Å². The molecule has 0 spiro atoms. The van der Waals surface area contributed by atoms with E-state index in [4.69, 9.17) is 16.6 Å². The molecule has 1 aliphatic heterocycles. The standard InChI is InChI=1S/C21H22ClN5/c1-16-7-8-17(22)15-19(16)24-21-23-10-9-20(25-21)27-13-11-26(12-14-27)18-5-3-2-4-6-18/h2-10,15H,11-14H2,1H3,(H,23,24,25). The number of para-hydroxylation sites is 1. The van der Waals surface area contributed by atoms with Crippen LogP contribution < -0.4 is 15.1 Å². The van der Waals surface area contributed by atoms with E-state index in [1.807, 2.05) is 31.2 Å². The molecule has 2 heterocycles. The Labute approximate surface area is 164 Å². The first kappa shape index (κ1) is 17.6. The first-order chi connectivity index (χ1) is 13.2. The lowest BCUT2D eigenvalue weighted by Crippen LogP contribution is -2.46. The molecule has 1 fully saturated rings. The molecule has 0 atom stereocenters. The molecule has 138 valence electrons. The summed E-state index contributed by atoms with van der Waals surface area (Å²) in [5.74, 6) is 1.53. The number of nitrogens with zero attached hydrogens (tertiary/aromatic N) is 4. The van der Waals surface area contributed by atoms with Gasteiger partial charge in [-0.15, -0.1) is 0 Å². The van der Waals surface area contributed by atoms with Gasteiger partial charge in [-0.1, -0.05) is 35.9 Å². The molecule has 4 rings (SSSR count).